The maximum absolute atomic E-state index is 5.73. The fourth-order valence-corrected chi connectivity index (χ4v) is 2.23. The molecular weight excluding hydrogens is 266 g/mol. The summed E-state index contributed by atoms with van der Waals surface area (Å²) in [6.07, 6.45) is 6.91. The summed E-state index contributed by atoms with van der Waals surface area (Å²) in [7, 11) is -2.43. The van der Waals surface area contributed by atoms with Gasteiger partial charge in [0, 0.05) is 12.3 Å². The van der Waals surface area contributed by atoms with Crippen LogP contribution in [0.25, 0.3) is 11.1 Å². The summed E-state index contributed by atoms with van der Waals surface area (Å²) in [5.74, 6) is 0. The van der Waals surface area contributed by atoms with Gasteiger partial charge in [-0.2, -0.15) is 0 Å². The minimum Gasteiger partial charge on any atom is -0.465 e. The van der Waals surface area contributed by atoms with E-state index in [-0.39, 0.29) is 0 Å². The van der Waals surface area contributed by atoms with Gasteiger partial charge in [0.15, 0.2) is 5.58 Å². The van der Waals surface area contributed by atoms with Crippen molar-refractivity contribution in [3.05, 3.63) is 24.4 Å². The molecule has 0 radical (unpaired) electrons. The lowest BCUT2D eigenvalue weighted by molar-refractivity contribution is 0.647. The third-order valence-electron chi connectivity index (χ3n) is 2.46. The molecule has 0 saturated carbocycles. The Hall–Kier alpha value is -1.32. The molecule has 0 bridgehead atoms. The summed E-state index contributed by atoms with van der Waals surface area (Å²) >= 11 is 0. The molecule has 2 rings (SSSR count). The van der Waals surface area contributed by atoms with E-state index < -0.39 is 16.1 Å². The summed E-state index contributed by atoms with van der Waals surface area (Å²) in [6, 6.07) is 5.94. The van der Waals surface area contributed by atoms with Crippen molar-refractivity contribution in [1.29, 1.82) is 0 Å². The molecule has 0 atom stereocenters. The van der Waals surface area contributed by atoms with E-state index in [1.165, 1.54) is 0 Å². The Labute approximate surface area is 118 Å². The summed E-state index contributed by atoms with van der Waals surface area (Å²) in [5, 5.41) is 1.13. The van der Waals surface area contributed by atoms with Gasteiger partial charge in [-0.05, 0) is 12.1 Å². The quantitative estimate of drug-likeness (QED) is 0.588. The van der Waals surface area contributed by atoms with E-state index >= 15 is 0 Å². The number of pyridine rings is 1. The number of terminal acetylenes is 1. The molecule has 0 aliphatic carbocycles. The van der Waals surface area contributed by atoms with Gasteiger partial charge in [-0.3, -0.25) is 4.98 Å². The Balaban J connectivity index is 0.000000258. The third-order valence-corrected chi connectivity index (χ3v) is 5.05. The van der Waals surface area contributed by atoms with Crippen LogP contribution in [0.5, 0.6) is 0 Å². The Morgan fingerprint density at radius 1 is 1.16 bits per heavy atom. The molecule has 19 heavy (non-hydrogen) atoms. The van der Waals surface area contributed by atoms with E-state index in [0.717, 1.165) is 16.5 Å². The van der Waals surface area contributed by atoms with Crippen LogP contribution in [0.15, 0.2) is 28.8 Å². The Morgan fingerprint density at radius 2 is 1.74 bits per heavy atom. The number of hydrogen-bond donors (Lipinski definition) is 0. The minimum absolute atomic E-state index is 0.903. The molecule has 0 aliphatic rings. The highest BCUT2D eigenvalue weighted by atomic mass is 28.3. The van der Waals surface area contributed by atoms with E-state index in [4.69, 9.17) is 10.8 Å². The zero-order valence-electron chi connectivity index (χ0n) is 12.7. The van der Waals surface area contributed by atoms with Crippen molar-refractivity contribution in [3.8, 4) is 12.0 Å². The fraction of sp³-hybridized carbons (Fsp3) is 0.400. The zero-order chi connectivity index (χ0) is 14.7. The third kappa shape index (κ3) is 5.05. The zero-order valence-corrected chi connectivity index (χ0v) is 14.7. The number of rotatable bonds is 1. The van der Waals surface area contributed by atoms with Crippen LogP contribution in [0.4, 0.5) is 0 Å². The molecule has 0 saturated heterocycles. The predicted octanol–water partition coefficient (Wildman–Crippen LogP) is 3.87. The first kappa shape index (κ1) is 15.7. The van der Waals surface area contributed by atoms with Crippen LogP contribution in [0.3, 0.4) is 0 Å². The van der Waals surface area contributed by atoms with Crippen LogP contribution in [-0.4, -0.2) is 21.1 Å². The van der Waals surface area contributed by atoms with E-state index in [2.05, 4.69) is 55.9 Å². The second-order valence-electron chi connectivity index (χ2n) is 6.64. The second-order valence-corrected chi connectivity index (χ2v) is 16.4. The van der Waals surface area contributed by atoms with Crippen LogP contribution >= 0.6 is 0 Å². The Kier molecular flexibility index (Phi) is 4.77. The standard InChI is InChI=1S/C10H13NOSi.C5H10Si/c1-13(2,3)10-7-8-9(12-10)5-4-6-11-8;1-5-6(2,3)4/h4-7H,1-3H3;1H,2-4H3. The van der Waals surface area contributed by atoms with Crippen LogP contribution in [0, 0.1) is 12.0 Å². The molecule has 0 unspecified atom stereocenters. The SMILES string of the molecule is C#C[Si](C)(C)C.C[Si](C)(C)c1cc2ncccc2o1. The summed E-state index contributed by atoms with van der Waals surface area (Å²) in [6.45, 7) is 13.2. The van der Waals surface area contributed by atoms with Crippen LogP contribution in [0.1, 0.15) is 0 Å². The summed E-state index contributed by atoms with van der Waals surface area (Å²) in [4.78, 5) is 4.24. The molecule has 2 aromatic heterocycles. The van der Waals surface area contributed by atoms with Crippen molar-refractivity contribution in [2.45, 2.75) is 39.3 Å². The maximum Gasteiger partial charge on any atom is 0.152 e. The molecule has 2 aromatic rings. The number of hydrogen-bond acceptors (Lipinski definition) is 2. The largest absolute Gasteiger partial charge is 0.465 e. The van der Waals surface area contributed by atoms with Crippen LogP contribution < -0.4 is 5.38 Å². The van der Waals surface area contributed by atoms with Gasteiger partial charge in [0.05, 0.1) is 5.38 Å². The van der Waals surface area contributed by atoms with E-state index in [1.54, 1.807) is 6.20 Å². The van der Waals surface area contributed by atoms with E-state index in [9.17, 15) is 0 Å². The number of nitrogens with zero attached hydrogens (tertiary/aromatic N) is 1. The number of fused-ring (bicyclic) bond motifs is 1. The normalized spacial score (nSPS) is 11.6. The van der Waals surface area contributed by atoms with Crippen molar-refractivity contribution in [1.82, 2.24) is 4.98 Å². The Bertz CT molecular complexity index is 549. The van der Waals surface area contributed by atoms with Crippen molar-refractivity contribution in [3.63, 3.8) is 0 Å². The molecule has 102 valence electrons. The van der Waals surface area contributed by atoms with Gasteiger partial charge in [-0.1, -0.05) is 39.3 Å². The first-order valence-electron chi connectivity index (χ1n) is 6.46. The number of furan rings is 1. The fourth-order valence-electron chi connectivity index (χ4n) is 1.24. The molecule has 0 N–H and O–H groups in total. The highest BCUT2D eigenvalue weighted by Gasteiger charge is 2.21. The van der Waals surface area contributed by atoms with Crippen molar-refractivity contribution in [2.24, 2.45) is 0 Å². The molecule has 0 amide bonds. The lowest BCUT2D eigenvalue weighted by Crippen LogP contribution is -2.36. The van der Waals surface area contributed by atoms with Gasteiger partial charge in [0.25, 0.3) is 0 Å². The van der Waals surface area contributed by atoms with Gasteiger partial charge in [-0.15, -0.1) is 12.0 Å². The van der Waals surface area contributed by atoms with Gasteiger partial charge < -0.3 is 4.42 Å². The minimum atomic E-state index is -1.32. The summed E-state index contributed by atoms with van der Waals surface area (Å²) < 4.78 is 5.73. The lowest BCUT2D eigenvalue weighted by atomic mass is 10.4. The smallest absolute Gasteiger partial charge is 0.152 e. The average Bonchev–Trinajstić information content (AvgIpc) is 2.72. The molecule has 2 nitrogen and oxygen atoms in total. The highest BCUT2D eigenvalue weighted by Crippen LogP contribution is 2.13. The maximum atomic E-state index is 5.73. The highest BCUT2D eigenvalue weighted by molar-refractivity contribution is 6.87. The van der Waals surface area contributed by atoms with Gasteiger partial charge in [-0.25, -0.2) is 0 Å². The van der Waals surface area contributed by atoms with E-state index in [1.807, 2.05) is 12.1 Å². The molecule has 0 fully saturated rings. The second kappa shape index (κ2) is 5.76. The number of aromatic nitrogens is 1. The lowest BCUT2D eigenvalue weighted by Gasteiger charge is -2.10. The molecule has 2 heterocycles. The first-order chi connectivity index (χ1) is 8.63. The monoisotopic (exact) mass is 289 g/mol. The molecule has 0 spiro atoms. The van der Waals surface area contributed by atoms with E-state index in [0.29, 0.717) is 0 Å². The van der Waals surface area contributed by atoms with Crippen molar-refractivity contribution < 1.29 is 4.42 Å². The Morgan fingerprint density at radius 3 is 2.16 bits per heavy atom. The van der Waals surface area contributed by atoms with Gasteiger partial charge >= 0.3 is 0 Å². The van der Waals surface area contributed by atoms with Crippen molar-refractivity contribution >= 4 is 32.6 Å². The van der Waals surface area contributed by atoms with Gasteiger partial charge in [0.2, 0.25) is 0 Å². The molecule has 4 heteroatoms. The van der Waals surface area contributed by atoms with Crippen molar-refractivity contribution in [2.75, 3.05) is 0 Å². The van der Waals surface area contributed by atoms with Crippen LogP contribution in [-0.2, 0) is 0 Å². The molecule has 0 aromatic carbocycles. The first-order valence-corrected chi connectivity index (χ1v) is 13.5. The molecular formula is C15H23NOSi2. The summed E-state index contributed by atoms with van der Waals surface area (Å²) in [5.41, 5.74) is 4.62. The molecule has 0 aliphatic heterocycles. The predicted molar refractivity (Wildman–Crippen MR) is 89.2 cm³/mol. The average molecular weight is 290 g/mol. The van der Waals surface area contributed by atoms with Gasteiger partial charge in [0.1, 0.15) is 21.7 Å². The van der Waals surface area contributed by atoms with Crippen LogP contribution in [0.2, 0.25) is 39.3 Å². The topological polar surface area (TPSA) is 26.0 Å².